The number of anilines is 1. The summed E-state index contributed by atoms with van der Waals surface area (Å²) < 4.78 is 44.9. The van der Waals surface area contributed by atoms with Crippen molar-refractivity contribution in [2.24, 2.45) is 0 Å². The van der Waals surface area contributed by atoms with Gasteiger partial charge in [-0.15, -0.1) is 0 Å². The van der Waals surface area contributed by atoms with Crippen molar-refractivity contribution in [1.82, 2.24) is 15.3 Å². The van der Waals surface area contributed by atoms with E-state index in [9.17, 15) is 28.2 Å². The van der Waals surface area contributed by atoms with Gasteiger partial charge in [0.05, 0.1) is 0 Å². The largest absolute Gasteiger partial charge is 0.449 e. The van der Waals surface area contributed by atoms with E-state index in [2.05, 4.69) is 15.3 Å². The number of hydrogen-bond donors (Lipinski definition) is 4. The molecule has 0 aliphatic heterocycles. The zero-order chi connectivity index (χ0) is 24.5. The van der Waals surface area contributed by atoms with Crippen molar-refractivity contribution in [3.63, 3.8) is 0 Å². The summed E-state index contributed by atoms with van der Waals surface area (Å²) in [5.41, 5.74) is 7.10. The molecule has 0 spiro atoms. The topological polar surface area (TPSA) is 131 Å². The molecule has 0 fully saturated rings. The fraction of sp³-hybridized carbons (Fsp3) is 0.261. The summed E-state index contributed by atoms with van der Waals surface area (Å²) in [7, 11) is 0. The lowest BCUT2D eigenvalue weighted by atomic mass is 9.98. The maximum Gasteiger partial charge on any atom is 0.433 e. The first-order valence-electron chi connectivity index (χ1n) is 10.3. The van der Waals surface area contributed by atoms with E-state index < -0.39 is 48.2 Å². The second-order valence-corrected chi connectivity index (χ2v) is 7.75. The first kappa shape index (κ1) is 23.5. The van der Waals surface area contributed by atoms with Crippen molar-refractivity contribution in [1.29, 1.82) is 0 Å². The third-order valence-corrected chi connectivity index (χ3v) is 5.59. The van der Waals surface area contributed by atoms with Gasteiger partial charge >= 0.3 is 12.3 Å². The Kier molecular flexibility index (Phi) is 6.40. The van der Waals surface area contributed by atoms with Crippen molar-refractivity contribution >= 4 is 12.0 Å². The number of carbonyl (C=O) groups is 1. The molecular weight excluding hydrogens is 453 g/mol. The molecule has 178 valence electrons. The van der Waals surface area contributed by atoms with Crippen molar-refractivity contribution in [2.45, 2.75) is 24.3 Å². The highest BCUT2D eigenvalue weighted by Crippen LogP contribution is 2.44. The molecule has 8 nitrogen and oxygen atoms in total. The number of nitrogens with one attached hydrogen (secondary N) is 1. The number of alkyl halides is 3. The van der Waals surface area contributed by atoms with Crippen molar-refractivity contribution in [3.05, 3.63) is 77.1 Å². The highest BCUT2D eigenvalue weighted by atomic mass is 19.4. The molecule has 1 aliphatic rings. The number of nitrogens with zero attached hydrogens (tertiary/aromatic N) is 2. The van der Waals surface area contributed by atoms with Crippen LogP contribution in [0.1, 0.15) is 34.4 Å². The second-order valence-electron chi connectivity index (χ2n) is 7.75. The quantitative estimate of drug-likeness (QED) is 0.432. The standard InChI is InChI=1S/C23H21F3N4O4/c24-23(25,26)20-16(9-28-21(27)30-20)19(32)18(31)10-29-22(33)34-11-17-14-7-3-1-5-12(14)13-6-2-4-8-15(13)17/h1-9,17-19,31-32H,10-11H2,(H,29,33)(H2,27,28,30). The average Bonchev–Trinajstić information content (AvgIpc) is 3.14. The smallest absolute Gasteiger partial charge is 0.433 e. The summed E-state index contributed by atoms with van der Waals surface area (Å²) >= 11 is 0. The van der Waals surface area contributed by atoms with Crippen LogP contribution in [0.4, 0.5) is 23.9 Å². The highest BCUT2D eigenvalue weighted by molar-refractivity contribution is 5.79. The van der Waals surface area contributed by atoms with E-state index in [1.165, 1.54) is 0 Å². The normalized spacial score (nSPS) is 14.7. The number of halogens is 3. The van der Waals surface area contributed by atoms with E-state index in [0.717, 1.165) is 22.3 Å². The molecule has 2 unspecified atom stereocenters. The van der Waals surface area contributed by atoms with Gasteiger partial charge in [0.2, 0.25) is 5.95 Å². The van der Waals surface area contributed by atoms with E-state index in [1.807, 2.05) is 48.5 Å². The van der Waals surface area contributed by atoms with Crippen LogP contribution in [0.5, 0.6) is 0 Å². The van der Waals surface area contributed by atoms with Gasteiger partial charge in [0.1, 0.15) is 18.8 Å². The number of nitrogen functional groups attached to an aromatic ring is 1. The van der Waals surface area contributed by atoms with E-state index >= 15 is 0 Å². The monoisotopic (exact) mass is 474 g/mol. The number of aliphatic hydroxyl groups is 2. The SMILES string of the molecule is Nc1ncc(C(O)C(O)CNC(=O)OCC2c3ccccc3-c3ccccc32)c(C(F)(F)F)n1. The van der Waals surface area contributed by atoms with Crippen LogP contribution in [0.25, 0.3) is 11.1 Å². The molecule has 0 saturated heterocycles. The Morgan fingerprint density at radius 3 is 2.26 bits per heavy atom. The minimum absolute atomic E-state index is 0.0164. The zero-order valence-corrected chi connectivity index (χ0v) is 17.7. The Morgan fingerprint density at radius 2 is 1.68 bits per heavy atom. The second kappa shape index (κ2) is 9.27. The maximum atomic E-state index is 13.2. The summed E-state index contributed by atoms with van der Waals surface area (Å²) in [5, 5.41) is 22.6. The first-order valence-corrected chi connectivity index (χ1v) is 10.3. The first-order chi connectivity index (χ1) is 16.2. The fourth-order valence-corrected chi connectivity index (χ4v) is 4.00. The molecule has 1 amide bonds. The van der Waals surface area contributed by atoms with Gasteiger partial charge in [-0.05, 0) is 22.3 Å². The number of aromatic nitrogens is 2. The van der Waals surface area contributed by atoms with Crippen molar-refractivity contribution in [2.75, 3.05) is 18.9 Å². The number of amides is 1. The number of alkyl carbamates (subject to hydrolysis) is 1. The maximum absolute atomic E-state index is 13.2. The van der Waals surface area contributed by atoms with Gasteiger partial charge in [-0.2, -0.15) is 13.2 Å². The molecule has 1 aliphatic carbocycles. The van der Waals surface area contributed by atoms with E-state index in [-0.39, 0.29) is 12.5 Å². The molecule has 3 aromatic rings. The molecule has 1 aromatic heterocycles. The van der Waals surface area contributed by atoms with Crippen LogP contribution in [-0.2, 0) is 10.9 Å². The van der Waals surface area contributed by atoms with Gasteiger partial charge in [0, 0.05) is 24.2 Å². The van der Waals surface area contributed by atoms with Crippen LogP contribution in [0.2, 0.25) is 0 Å². The number of aliphatic hydroxyl groups excluding tert-OH is 2. The highest BCUT2D eigenvalue weighted by Gasteiger charge is 2.39. The summed E-state index contributed by atoms with van der Waals surface area (Å²) in [6.45, 7) is -0.554. The van der Waals surface area contributed by atoms with Crippen molar-refractivity contribution in [3.8, 4) is 11.1 Å². The zero-order valence-electron chi connectivity index (χ0n) is 17.7. The van der Waals surface area contributed by atoms with E-state index in [1.54, 1.807) is 0 Å². The molecule has 5 N–H and O–H groups in total. The molecule has 4 rings (SSSR count). The van der Waals surface area contributed by atoms with Crippen LogP contribution >= 0.6 is 0 Å². The third-order valence-electron chi connectivity index (χ3n) is 5.59. The Balaban J connectivity index is 1.37. The molecule has 0 radical (unpaired) electrons. The molecular formula is C23H21F3N4O4. The summed E-state index contributed by atoms with van der Waals surface area (Å²) in [5.74, 6) is -0.815. The Morgan fingerprint density at radius 1 is 1.09 bits per heavy atom. The number of ether oxygens (including phenoxy) is 1. The molecule has 2 atom stereocenters. The van der Waals surface area contributed by atoms with E-state index in [4.69, 9.17) is 10.5 Å². The fourth-order valence-electron chi connectivity index (χ4n) is 4.00. The number of benzene rings is 2. The molecule has 0 bridgehead atoms. The predicted molar refractivity (Wildman–Crippen MR) is 115 cm³/mol. The summed E-state index contributed by atoms with van der Waals surface area (Å²) in [6, 6.07) is 15.5. The lowest BCUT2D eigenvalue weighted by Crippen LogP contribution is -2.37. The molecule has 34 heavy (non-hydrogen) atoms. The van der Waals surface area contributed by atoms with Crippen LogP contribution in [0.15, 0.2) is 54.7 Å². The number of fused-ring (bicyclic) bond motifs is 3. The van der Waals surface area contributed by atoms with Crippen LogP contribution in [0.3, 0.4) is 0 Å². The van der Waals surface area contributed by atoms with E-state index in [0.29, 0.717) is 6.20 Å². The van der Waals surface area contributed by atoms with Gasteiger partial charge in [-0.1, -0.05) is 48.5 Å². The lowest BCUT2D eigenvalue weighted by Gasteiger charge is -2.21. The minimum atomic E-state index is -4.92. The number of nitrogens with two attached hydrogens (primary N) is 1. The molecule has 11 heteroatoms. The van der Waals surface area contributed by atoms with Gasteiger partial charge in [-0.3, -0.25) is 0 Å². The predicted octanol–water partition coefficient (Wildman–Crippen LogP) is 3.01. The summed E-state index contributed by atoms with van der Waals surface area (Å²) in [6.07, 6.45) is -8.93. The molecule has 0 saturated carbocycles. The van der Waals surface area contributed by atoms with Crippen LogP contribution < -0.4 is 11.1 Å². The Hall–Kier alpha value is -3.70. The lowest BCUT2D eigenvalue weighted by molar-refractivity contribution is -0.143. The van der Waals surface area contributed by atoms with Crippen LogP contribution in [-0.4, -0.2) is 45.5 Å². The average molecular weight is 474 g/mol. The van der Waals surface area contributed by atoms with Crippen molar-refractivity contribution < 1.29 is 32.9 Å². The Bertz CT molecular complexity index is 1160. The number of carbonyl (C=O) groups excluding carboxylic acids is 1. The van der Waals surface area contributed by atoms with Gasteiger partial charge < -0.3 is 26.0 Å². The Labute approximate surface area is 192 Å². The summed E-state index contributed by atoms with van der Waals surface area (Å²) in [4.78, 5) is 18.8. The molecule has 2 aromatic carbocycles. The number of hydrogen-bond acceptors (Lipinski definition) is 7. The van der Waals surface area contributed by atoms with Gasteiger partial charge in [0.25, 0.3) is 0 Å². The third kappa shape index (κ3) is 4.66. The van der Waals surface area contributed by atoms with Crippen LogP contribution in [0, 0.1) is 0 Å². The van der Waals surface area contributed by atoms with Gasteiger partial charge in [0.15, 0.2) is 5.69 Å². The van der Waals surface area contributed by atoms with Gasteiger partial charge in [-0.25, -0.2) is 14.8 Å². The minimum Gasteiger partial charge on any atom is -0.449 e. The molecule has 1 heterocycles. The number of rotatable bonds is 6.